The number of hydrogen-bond acceptors (Lipinski definition) is 1. The van der Waals surface area contributed by atoms with E-state index < -0.39 is 53.3 Å². The number of fused-ring (bicyclic) bond motifs is 1. The Morgan fingerprint density at radius 3 is 1.90 bits per heavy atom. The smallest absolute Gasteiger partial charge is 0.361 e. The average molecular weight is 453 g/mol. The summed E-state index contributed by atoms with van der Waals surface area (Å²) in [6.45, 7) is 0. The van der Waals surface area contributed by atoms with Crippen LogP contribution in [0.3, 0.4) is 0 Å². The number of hydrogen-bond donors (Lipinski definition) is 1. The van der Waals surface area contributed by atoms with Crippen LogP contribution in [0.25, 0.3) is 10.9 Å². The highest BCUT2D eigenvalue weighted by Crippen LogP contribution is 2.41. The van der Waals surface area contributed by atoms with Crippen molar-refractivity contribution in [2.45, 2.75) is 30.9 Å². The SMILES string of the molecule is O=C(C[C@@H](c1cc(C(F)(F)F)cc(C(F)(F)F)c1)c1c[nH]c2ccccc12)C(F)(F)F. The van der Waals surface area contributed by atoms with Crippen LogP contribution >= 0.6 is 0 Å². The molecule has 0 unspecified atom stereocenters. The first kappa shape index (κ1) is 22.7. The fourth-order valence-electron chi connectivity index (χ4n) is 3.27. The van der Waals surface area contributed by atoms with Crippen LogP contribution in [0, 0.1) is 0 Å². The van der Waals surface area contributed by atoms with E-state index in [1.807, 2.05) is 0 Å². The molecule has 0 aliphatic heterocycles. The molecule has 1 aromatic heterocycles. The normalized spacial score (nSPS) is 14.1. The molecule has 3 rings (SSSR count). The van der Waals surface area contributed by atoms with Gasteiger partial charge in [-0.25, -0.2) is 0 Å². The number of para-hydroxylation sites is 1. The zero-order valence-electron chi connectivity index (χ0n) is 15.2. The van der Waals surface area contributed by atoms with Crippen molar-refractivity contribution in [1.82, 2.24) is 4.98 Å². The monoisotopic (exact) mass is 453 g/mol. The lowest BCUT2D eigenvalue weighted by Crippen LogP contribution is -2.25. The number of ketones is 1. The number of halogens is 9. The molecular weight excluding hydrogens is 441 g/mol. The number of aromatic nitrogens is 1. The van der Waals surface area contributed by atoms with E-state index in [1.54, 1.807) is 6.07 Å². The van der Waals surface area contributed by atoms with Crippen LogP contribution in [0.2, 0.25) is 0 Å². The van der Waals surface area contributed by atoms with Gasteiger partial charge in [-0.05, 0) is 35.4 Å². The van der Waals surface area contributed by atoms with E-state index >= 15 is 0 Å². The van der Waals surface area contributed by atoms with Crippen molar-refractivity contribution in [3.05, 3.63) is 70.9 Å². The molecule has 0 amide bonds. The first-order valence-electron chi connectivity index (χ1n) is 8.63. The Labute approximate surface area is 168 Å². The van der Waals surface area contributed by atoms with Crippen molar-refractivity contribution in [2.75, 3.05) is 0 Å². The third-order valence-corrected chi connectivity index (χ3v) is 4.71. The number of Topliss-reactive ketones (excluding diaryl/α,β-unsaturated/α-hetero) is 1. The van der Waals surface area contributed by atoms with Crippen LogP contribution in [0.15, 0.2) is 48.7 Å². The minimum absolute atomic E-state index is 0.0272. The number of aromatic amines is 1. The second-order valence-corrected chi connectivity index (χ2v) is 6.81. The minimum atomic E-state index is -5.31. The Morgan fingerprint density at radius 1 is 0.839 bits per heavy atom. The summed E-state index contributed by atoms with van der Waals surface area (Å²) in [6.07, 6.45) is -15.9. The van der Waals surface area contributed by atoms with Gasteiger partial charge in [0.05, 0.1) is 11.1 Å². The van der Waals surface area contributed by atoms with Crippen LogP contribution in [-0.4, -0.2) is 16.9 Å². The van der Waals surface area contributed by atoms with Gasteiger partial charge in [0.25, 0.3) is 0 Å². The Morgan fingerprint density at radius 2 is 1.39 bits per heavy atom. The lowest BCUT2D eigenvalue weighted by molar-refractivity contribution is -0.171. The Hall–Kier alpha value is -2.98. The topological polar surface area (TPSA) is 32.9 Å². The third kappa shape index (κ3) is 4.86. The minimum Gasteiger partial charge on any atom is -0.361 e. The predicted octanol–water partition coefficient (Wildman–Crippen LogP) is 6.86. The summed E-state index contributed by atoms with van der Waals surface area (Å²) in [5, 5.41) is 0.272. The number of alkyl halides is 9. The van der Waals surface area contributed by atoms with Crippen molar-refractivity contribution in [2.24, 2.45) is 0 Å². The van der Waals surface area contributed by atoms with Gasteiger partial charge in [-0.3, -0.25) is 4.79 Å². The van der Waals surface area contributed by atoms with Crippen LogP contribution in [0.1, 0.15) is 34.6 Å². The van der Waals surface area contributed by atoms with Gasteiger partial charge in [-0.15, -0.1) is 0 Å². The summed E-state index contributed by atoms with van der Waals surface area (Å²) in [7, 11) is 0. The van der Waals surface area contributed by atoms with E-state index in [4.69, 9.17) is 0 Å². The van der Waals surface area contributed by atoms with Crippen molar-refractivity contribution < 1.29 is 44.3 Å². The lowest BCUT2D eigenvalue weighted by Gasteiger charge is -2.21. The van der Waals surface area contributed by atoms with Gasteiger partial charge in [0, 0.05) is 29.4 Å². The molecule has 31 heavy (non-hydrogen) atoms. The molecule has 1 N–H and O–H groups in total. The van der Waals surface area contributed by atoms with Gasteiger partial charge in [0.15, 0.2) is 0 Å². The summed E-state index contributed by atoms with van der Waals surface area (Å²) >= 11 is 0. The van der Waals surface area contributed by atoms with Gasteiger partial charge in [0.1, 0.15) is 0 Å². The third-order valence-electron chi connectivity index (χ3n) is 4.71. The molecule has 1 atom stereocenters. The Kier molecular flexibility index (Phi) is 5.57. The van der Waals surface area contributed by atoms with Crippen molar-refractivity contribution in [1.29, 1.82) is 0 Å². The number of carbonyl (C=O) groups excluding carboxylic acids is 1. The maximum Gasteiger partial charge on any atom is 0.450 e. The van der Waals surface area contributed by atoms with Crippen LogP contribution in [0.5, 0.6) is 0 Å². The summed E-state index contributed by atoms with van der Waals surface area (Å²) in [5.74, 6) is -3.97. The molecule has 0 aliphatic carbocycles. The fourth-order valence-corrected chi connectivity index (χ4v) is 3.27. The van der Waals surface area contributed by atoms with Crippen LogP contribution in [0.4, 0.5) is 39.5 Å². The number of nitrogens with one attached hydrogen (secondary N) is 1. The van der Waals surface area contributed by atoms with Gasteiger partial charge in [-0.2, -0.15) is 39.5 Å². The van der Waals surface area contributed by atoms with Crippen molar-refractivity contribution >= 4 is 16.7 Å². The van der Waals surface area contributed by atoms with E-state index in [0.29, 0.717) is 17.6 Å². The highest BCUT2D eigenvalue weighted by Gasteiger charge is 2.42. The van der Waals surface area contributed by atoms with E-state index in [-0.39, 0.29) is 17.0 Å². The second-order valence-electron chi connectivity index (χ2n) is 6.81. The zero-order chi connectivity index (χ0) is 23.2. The molecule has 11 heteroatoms. The fraction of sp³-hybridized carbons (Fsp3) is 0.250. The number of rotatable bonds is 4. The van der Waals surface area contributed by atoms with Crippen molar-refractivity contribution in [3.8, 4) is 0 Å². The maximum atomic E-state index is 13.2. The van der Waals surface area contributed by atoms with E-state index in [2.05, 4.69) is 4.98 Å². The maximum absolute atomic E-state index is 13.2. The first-order chi connectivity index (χ1) is 14.2. The van der Waals surface area contributed by atoms with E-state index in [0.717, 1.165) is 0 Å². The average Bonchev–Trinajstić information content (AvgIpc) is 3.07. The van der Waals surface area contributed by atoms with Crippen LogP contribution in [-0.2, 0) is 17.1 Å². The predicted molar refractivity (Wildman–Crippen MR) is 92.3 cm³/mol. The molecule has 0 saturated heterocycles. The number of H-pyrrole nitrogens is 1. The second kappa shape index (κ2) is 7.61. The standard InChI is InChI=1S/C20H12F9NO/c21-18(22,23)11-5-10(6-12(7-11)19(24,25)26)14(8-17(31)20(27,28)29)15-9-30-16-4-2-1-3-13(15)16/h1-7,9,14,30H,8H2/t14-/m0/s1. The molecule has 0 bridgehead atoms. The molecule has 0 saturated carbocycles. The number of carbonyl (C=O) groups is 1. The summed E-state index contributed by atoms with van der Waals surface area (Å²) < 4.78 is 118. The van der Waals surface area contributed by atoms with Gasteiger partial charge < -0.3 is 4.98 Å². The molecule has 1 heterocycles. The highest BCUT2D eigenvalue weighted by atomic mass is 19.4. The molecule has 0 aliphatic rings. The summed E-state index contributed by atoms with van der Waals surface area (Å²) in [4.78, 5) is 14.4. The molecule has 166 valence electrons. The summed E-state index contributed by atoms with van der Waals surface area (Å²) in [6, 6.07) is 6.58. The van der Waals surface area contributed by atoms with Gasteiger partial charge in [0.2, 0.25) is 5.78 Å². The molecule has 0 radical (unpaired) electrons. The first-order valence-corrected chi connectivity index (χ1v) is 8.63. The number of benzene rings is 2. The molecule has 0 spiro atoms. The zero-order valence-corrected chi connectivity index (χ0v) is 15.2. The van der Waals surface area contributed by atoms with Gasteiger partial charge in [-0.1, -0.05) is 18.2 Å². The quantitative estimate of drug-likeness (QED) is 0.430. The largest absolute Gasteiger partial charge is 0.450 e. The van der Waals surface area contributed by atoms with E-state index in [1.165, 1.54) is 24.4 Å². The molecule has 0 fully saturated rings. The van der Waals surface area contributed by atoms with E-state index in [9.17, 15) is 44.3 Å². The van der Waals surface area contributed by atoms with Crippen LogP contribution < -0.4 is 0 Å². The Bertz CT molecular complexity index is 1070. The molecule has 3 aromatic rings. The highest BCUT2D eigenvalue weighted by molar-refractivity contribution is 5.88. The van der Waals surface area contributed by atoms with Crippen molar-refractivity contribution in [3.63, 3.8) is 0 Å². The summed E-state index contributed by atoms with van der Waals surface area (Å²) in [5.41, 5.74) is -3.70. The molecular formula is C20H12F9NO. The molecule has 2 nitrogen and oxygen atoms in total. The van der Waals surface area contributed by atoms with Gasteiger partial charge >= 0.3 is 18.5 Å². The Balaban J connectivity index is 2.25. The molecule has 2 aromatic carbocycles. The lowest BCUT2D eigenvalue weighted by atomic mass is 9.85.